The van der Waals surface area contributed by atoms with Crippen molar-refractivity contribution < 1.29 is 35.2 Å². The third kappa shape index (κ3) is 9.23. The Balaban J connectivity index is 1.82. The summed E-state index contributed by atoms with van der Waals surface area (Å²) in [6, 6.07) is 11.0. The van der Waals surface area contributed by atoms with E-state index in [0.29, 0.717) is 11.1 Å². The van der Waals surface area contributed by atoms with E-state index in [1.807, 2.05) is 0 Å². The number of carbonyl (C=O) groups excluding carboxylic acids is 1. The molecule has 0 aliphatic heterocycles. The van der Waals surface area contributed by atoms with Gasteiger partial charge < -0.3 is 16.8 Å². The van der Waals surface area contributed by atoms with Crippen LogP contribution in [0.25, 0.3) is 11.1 Å². The van der Waals surface area contributed by atoms with Gasteiger partial charge in [0.1, 0.15) is 17.5 Å². The van der Waals surface area contributed by atoms with Gasteiger partial charge in [-0.25, -0.2) is 17.2 Å². The first-order chi connectivity index (χ1) is 19.3. The number of amides is 1. The summed E-state index contributed by atoms with van der Waals surface area (Å²) in [6.45, 7) is 2.26. The Morgan fingerprint density at radius 3 is 1.95 bits per heavy atom. The highest BCUT2D eigenvalue weighted by Crippen LogP contribution is 2.35. The van der Waals surface area contributed by atoms with Gasteiger partial charge >= 0.3 is 6.18 Å². The number of alkyl halides is 4. The standard InChI is InChI=1S/C29H33F5N4O3S/c1-28(2,31)16-24(27(39)38-25(36)14-20-8-11-21(35)15-23(20)30)37-26(29(32,33)34)19-6-4-17(5-7-19)18-9-12-22(13-10-18)42(3,40)41/h4-13,15,24-26,37H,14,16,35-36H2,1-3H3,(H,38,39)/t24-,25-,26-/m0/s1. The fourth-order valence-electron chi connectivity index (χ4n) is 4.36. The molecule has 3 aromatic rings. The van der Waals surface area contributed by atoms with E-state index < -0.39 is 58.1 Å². The lowest BCUT2D eigenvalue weighted by atomic mass is 9.96. The van der Waals surface area contributed by atoms with Crippen LogP contribution in [0.15, 0.2) is 71.6 Å². The van der Waals surface area contributed by atoms with Crippen molar-refractivity contribution in [3.8, 4) is 11.1 Å². The molecule has 1 amide bonds. The van der Waals surface area contributed by atoms with Gasteiger partial charge in [0, 0.05) is 24.8 Å². The zero-order valence-corrected chi connectivity index (χ0v) is 24.0. The highest BCUT2D eigenvalue weighted by Gasteiger charge is 2.44. The van der Waals surface area contributed by atoms with Crippen LogP contribution in [0.4, 0.5) is 27.6 Å². The molecule has 42 heavy (non-hydrogen) atoms. The molecule has 0 aliphatic carbocycles. The summed E-state index contributed by atoms with van der Waals surface area (Å²) in [4.78, 5) is 13.1. The van der Waals surface area contributed by atoms with Gasteiger partial charge in [-0.2, -0.15) is 13.2 Å². The Hall–Kier alpha value is -3.55. The fraction of sp³-hybridized carbons (Fsp3) is 0.345. The SMILES string of the molecule is CC(C)(F)C[C@H](N[C@@H](c1ccc(-c2ccc(S(C)(=O)=O)cc2)cc1)C(F)(F)F)C(=O)N[C@H](N)Cc1ccc(N)cc1F. The van der Waals surface area contributed by atoms with Crippen molar-refractivity contribution in [3.05, 3.63) is 83.7 Å². The number of rotatable bonds is 11. The number of hydrogen-bond acceptors (Lipinski definition) is 6. The van der Waals surface area contributed by atoms with Crippen LogP contribution >= 0.6 is 0 Å². The van der Waals surface area contributed by atoms with Crippen LogP contribution in [0.2, 0.25) is 0 Å². The van der Waals surface area contributed by atoms with Crippen LogP contribution in [-0.2, 0) is 21.1 Å². The zero-order chi connectivity index (χ0) is 31.5. The molecular weight excluding hydrogens is 579 g/mol. The molecule has 0 radical (unpaired) electrons. The molecule has 0 fully saturated rings. The molecule has 3 rings (SSSR count). The summed E-state index contributed by atoms with van der Waals surface area (Å²) in [5.41, 5.74) is 10.6. The number of halogens is 5. The Bertz CT molecular complexity index is 1490. The van der Waals surface area contributed by atoms with E-state index in [2.05, 4.69) is 10.6 Å². The second-order valence-electron chi connectivity index (χ2n) is 10.7. The van der Waals surface area contributed by atoms with Gasteiger partial charge in [0.05, 0.1) is 17.1 Å². The largest absolute Gasteiger partial charge is 0.407 e. The molecule has 6 N–H and O–H groups in total. The van der Waals surface area contributed by atoms with Gasteiger partial charge in [0.2, 0.25) is 5.91 Å². The fourth-order valence-corrected chi connectivity index (χ4v) is 4.99. The van der Waals surface area contributed by atoms with Crippen LogP contribution in [0.5, 0.6) is 0 Å². The second kappa shape index (κ2) is 12.8. The van der Waals surface area contributed by atoms with E-state index in [-0.39, 0.29) is 28.1 Å². The first kappa shape index (κ1) is 33.0. The number of nitrogens with two attached hydrogens (primary N) is 2. The van der Waals surface area contributed by atoms with Gasteiger partial charge in [-0.15, -0.1) is 0 Å². The topological polar surface area (TPSA) is 127 Å². The van der Waals surface area contributed by atoms with Crippen LogP contribution in [0.1, 0.15) is 37.4 Å². The van der Waals surface area contributed by atoms with Gasteiger partial charge in [-0.3, -0.25) is 10.1 Å². The van der Waals surface area contributed by atoms with Crippen LogP contribution in [-0.4, -0.2) is 44.6 Å². The molecule has 0 bridgehead atoms. The minimum atomic E-state index is -4.87. The Morgan fingerprint density at radius 2 is 1.48 bits per heavy atom. The van der Waals surface area contributed by atoms with Gasteiger partial charge in [0.15, 0.2) is 9.84 Å². The smallest absolute Gasteiger partial charge is 0.399 e. The molecular formula is C29H33F5N4O3S. The molecule has 13 heteroatoms. The Kier molecular flexibility index (Phi) is 10.0. The van der Waals surface area contributed by atoms with E-state index in [4.69, 9.17) is 11.5 Å². The molecule has 0 saturated heterocycles. The predicted octanol–water partition coefficient (Wildman–Crippen LogP) is 4.82. The highest BCUT2D eigenvalue weighted by molar-refractivity contribution is 7.90. The van der Waals surface area contributed by atoms with Crippen LogP contribution < -0.4 is 22.1 Å². The minimum Gasteiger partial charge on any atom is -0.399 e. The number of hydrogen-bond donors (Lipinski definition) is 4. The Labute approximate surface area is 241 Å². The number of carbonyl (C=O) groups is 1. The second-order valence-corrected chi connectivity index (χ2v) is 12.7. The quantitative estimate of drug-likeness (QED) is 0.140. The van der Waals surface area contributed by atoms with Crippen molar-refractivity contribution in [2.75, 3.05) is 12.0 Å². The summed E-state index contributed by atoms with van der Waals surface area (Å²) in [6.07, 6.45) is -5.78. The maximum absolute atomic E-state index is 14.6. The Morgan fingerprint density at radius 1 is 0.929 bits per heavy atom. The zero-order valence-electron chi connectivity index (χ0n) is 23.2. The molecule has 7 nitrogen and oxygen atoms in total. The number of nitrogens with one attached hydrogen (secondary N) is 2. The average Bonchev–Trinajstić information content (AvgIpc) is 2.86. The summed E-state index contributed by atoms with van der Waals surface area (Å²) in [5.74, 6) is -1.65. The minimum absolute atomic E-state index is 0.0997. The highest BCUT2D eigenvalue weighted by atomic mass is 32.2. The lowest BCUT2D eigenvalue weighted by Crippen LogP contribution is -2.55. The van der Waals surface area contributed by atoms with E-state index in [1.165, 1.54) is 60.7 Å². The number of anilines is 1. The van der Waals surface area contributed by atoms with E-state index in [1.54, 1.807) is 0 Å². The van der Waals surface area contributed by atoms with Gasteiger partial charge in [-0.05, 0) is 60.4 Å². The average molecular weight is 613 g/mol. The lowest BCUT2D eigenvalue weighted by Gasteiger charge is -2.30. The van der Waals surface area contributed by atoms with E-state index >= 15 is 0 Å². The summed E-state index contributed by atoms with van der Waals surface area (Å²) >= 11 is 0. The monoisotopic (exact) mass is 612 g/mol. The summed E-state index contributed by atoms with van der Waals surface area (Å²) < 4.78 is 94.9. The van der Waals surface area contributed by atoms with Gasteiger partial charge in [0.25, 0.3) is 0 Å². The van der Waals surface area contributed by atoms with Crippen molar-refractivity contribution >= 4 is 21.4 Å². The number of sulfone groups is 1. The number of nitrogen functional groups attached to an aromatic ring is 1. The molecule has 0 aliphatic rings. The van der Waals surface area contributed by atoms with Crippen LogP contribution in [0, 0.1) is 5.82 Å². The van der Waals surface area contributed by atoms with E-state index in [9.17, 15) is 35.2 Å². The first-order valence-electron chi connectivity index (χ1n) is 12.9. The molecule has 0 spiro atoms. The number of benzene rings is 3. The molecule has 3 aromatic carbocycles. The molecule has 0 unspecified atom stereocenters. The third-order valence-corrected chi connectivity index (χ3v) is 7.53. The van der Waals surface area contributed by atoms with E-state index in [0.717, 1.165) is 26.2 Å². The third-order valence-electron chi connectivity index (χ3n) is 6.41. The normalized spacial score (nSPS) is 14.7. The maximum atomic E-state index is 14.6. The summed E-state index contributed by atoms with van der Waals surface area (Å²) in [5, 5.41) is 4.60. The van der Waals surface area contributed by atoms with Gasteiger partial charge in [-0.1, -0.05) is 42.5 Å². The van der Waals surface area contributed by atoms with Crippen molar-refractivity contribution in [1.82, 2.24) is 10.6 Å². The molecule has 3 atom stereocenters. The maximum Gasteiger partial charge on any atom is 0.407 e. The molecule has 228 valence electrons. The molecule has 0 aromatic heterocycles. The van der Waals surface area contributed by atoms with Crippen molar-refractivity contribution in [2.45, 2.75) is 61.7 Å². The van der Waals surface area contributed by atoms with Crippen molar-refractivity contribution in [3.63, 3.8) is 0 Å². The molecule has 0 saturated carbocycles. The molecule has 0 heterocycles. The lowest BCUT2D eigenvalue weighted by molar-refractivity contribution is -0.161. The first-order valence-corrected chi connectivity index (χ1v) is 14.7. The predicted molar refractivity (Wildman–Crippen MR) is 151 cm³/mol. The van der Waals surface area contributed by atoms with Crippen LogP contribution in [0.3, 0.4) is 0 Å². The van der Waals surface area contributed by atoms with Crippen molar-refractivity contribution in [2.24, 2.45) is 5.73 Å². The summed E-state index contributed by atoms with van der Waals surface area (Å²) in [7, 11) is -3.42. The van der Waals surface area contributed by atoms with Crippen molar-refractivity contribution in [1.29, 1.82) is 0 Å².